The Labute approximate surface area is 156 Å². The third-order valence-corrected chi connectivity index (χ3v) is 4.75. The zero-order chi connectivity index (χ0) is 17.6. The number of allylic oxidation sites excluding steroid dienone is 1. The predicted molar refractivity (Wildman–Crippen MR) is 102 cm³/mol. The fourth-order valence-corrected chi connectivity index (χ4v) is 2.99. The van der Waals surface area contributed by atoms with Crippen LogP contribution in [0.25, 0.3) is 6.08 Å². The van der Waals surface area contributed by atoms with Crippen molar-refractivity contribution in [1.29, 1.82) is 0 Å². The summed E-state index contributed by atoms with van der Waals surface area (Å²) in [5.41, 5.74) is 3.37. The first-order chi connectivity index (χ1) is 12.1. The zero-order valence-corrected chi connectivity index (χ0v) is 15.1. The molecular weight excluding hydrogens is 357 g/mol. The molecule has 0 amide bonds. The van der Waals surface area contributed by atoms with Gasteiger partial charge in [-0.25, -0.2) is 4.79 Å². The van der Waals surface area contributed by atoms with E-state index in [9.17, 15) is 4.79 Å². The summed E-state index contributed by atoms with van der Waals surface area (Å²) in [6.07, 6.45) is 5.98. The van der Waals surface area contributed by atoms with E-state index < -0.39 is 5.97 Å². The molecule has 25 heavy (non-hydrogen) atoms. The Kier molecular flexibility index (Phi) is 5.90. The number of benzene rings is 2. The first-order valence-corrected chi connectivity index (χ1v) is 8.88. The molecule has 2 aromatic rings. The Morgan fingerprint density at radius 1 is 1.00 bits per heavy atom. The SMILES string of the molecule is O=C(O/N=C1\CCCC\C1=C/c1ccccc1)c1ccc(Cl)c(Cl)c1. The minimum absolute atomic E-state index is 0.311. The molecule has 1 saturated carbocycles. The van der Waals surface area contributed by atoms with E-state index in [0.717, 1.165) is 42.5 Å². The van der Waals surface area contributed by atoms with Crippen molar-refractivity contribution in [3.8, 4) is 0 Å². The molecule has 3 nitrogen and oxygen atoms in total. The number of hydrogen-bond acceptors (Lipinski definition) is 3. The lowest BCUT2D eigenvalue weighted by Gasteiger charge is -2.16. The Balaban J connectivity index is 1.77. The van der Waals surface area contributed by atoms with Crippen LogP contribution in [0.15, 0.2) is 59.3 Å². The summed E-state index contributed by atoms with van der Waals surface area (Å²) in [6.45, 7) is 0. The summed E-state index contributed by atoms with van der Waals surface area (Å²) in [5, 5.41) is 4.82. The monoisotopic (exact) mass is 373 g/mol. The number of carbonyl (C=O) groups excluding carboxylic acids is 1. The van der Waals surface area contributed by atoms with Crippen LogP contribution in [0.3, 0.4) is 0 Å². The van der Waals surface area contributed by atoms with Gasteiger partial charge in [-0.15, -0.1) is 0 Å². The van der Waals surface area contributed by atoms with Crippen molar-refractivity contribution < 1.29 is 9.63 Å². The summed E-state index contributed by atoms with van der Waals surface area (Å²) in [5.74, 6) is -0.546. The third kappa shape index (κ3) is 4.71. The van der Waals surface area contributed by atoms with Gasteiger partial charge in [0.25, 0.3) is 0 Å². The second-order valence-corrected chi connectivity index (χ2v) is 6.65. The molecule has 1 aliphatic carbocycles. The van der Waals surface area contributed by atoms with Gasteiger partial charge in [-0.05, 0) is 61.1 Å². The van der Waals surface area contributed by atoms with E-state index in [4.69, 9.17) is 28.0 Å². The van der Waals surface area contributed by atoms with Crippen molar-refractivity contribution in [2.75, 3.05) is 0 Å². The molecule has 0 aliphatic heterocycles. The molecule has 3 rings (SSSR count). The Morgan fingerprint density at radius 2 is 1.76 bits per heavy atom. The van der Waals surface area contributed by atoms with Gasteiger partial charge in [0.05, 0.1) is 21.3 Å². The summed E-state index contributed by atoms with van der Waals surface area (Å²) >= 11 is 11.8. The van der Waals surface area contributed by atoms with Crippen LogP contribution in [0.5, 0.6) is 0 Å². The molecular formula is C20H17Cl2NO2. The van der Waals surface area contributed by atoms with Crippen LogP contribution in [0.2, 0.25) is 10.0 Å². The first-order valence-electron chi connectivity index (χ1n) is 8.13. The smallest absolute Gasteiger partial charge is 0.313 e. The molecule has 0 saturated heterocycles. The van der Waals surface area contributed by atoms with Crippen molar-refractivity contribution in [1.82, 2.24) is 0 Å². The van der Waals surface area contributed by atoms with E-state index in [1.807, 2.05) is 30.3 Å². The number of oxime groups is 1. The fourth-order valence-electron chi connectivity index (χ4n) is 2.70. The molecule has 2 aromatic carbocycles. The summed E-state index contributed by atoms with van der Waals surface area (Å²) < 4.78 is 0. The molecule has 0 spiro atoms. The van der Waals surface area contributed by atoms with E-state index in [2.05, 4.69) is 11.2 Å². The van der Waals surface area contributed by atoms with Crippen LogP contribution in [-0.2, 0) is 4.84 Å². The topological polar surface area (TPSA) is 38.7 Å². The Bertz CT molecular complexity index is 829. The lowest BCUT2D eigenvalue weighted by atomic mass is 9.91. The minimum Gasteiger partial charge on any atom is -0.313 e. The van der Waals surface area contributed by atoms with Crippen molar-refractivity contribution in [2.45, 2.75) is 25.7 Å². The number of hydrogen-bond donors (Lipinski definition) is 0. The molecule has 0 aromatic heterocycles. The number of rotatable bonds is 3. The second-order valence-electron chi connectivity index (χ2n) is 5.83. The summed E-state index contributed by atoms with van der Waals surface area (Å²) in [6, 6.07) is 14.7. The van der Waals surface area contributed by atoms with Gasteiger partial charge in [0.1, 0.15) is 0 Å². The number of halogens is 2. The van der Waals surface area contributed by atoms with Gasteiger partial charge < -0.3 is 4.84 Å². The second kappa shape index (κ2) is 8.32. The van der Waals surface area contributed by atoms with Gasteiger partial charge >= 0.3 is 5.97 Å². The van der Waals surface area contributed by atoms with Crippen LogP contribution >= 0.6 is 23.2 Å². The maximum atomic E-state index is 12.2. The van der Waals surface area contributed by atoms with Gasteiger partial charge in [-0.1, -0.05) is 58.7 Å². The number of carbonyl (C=O) groups is 1. The summed E-state index contributed by atoms with van der Waals surface area (Å²) in [7, 11) is 0. The largest absolute Gasteiger partial charge is 0.365 e. The lowest BCUT2D eigenvalue weighted by molar-refractivity contribution is 0.0515. The highest BCUT2D eigenvalue weighted by Crippen LogP contribution is 2.25. The lowest BCUT2D eigenvalue weighted by Crippen LogP contribution is -2.11. The van der Waals surface area contributed by atoms with E-state index in [0.29, 0.717) is 15.6 Å². The van der Waals surface area contributed by atoms with Crippen molar-refractivity contribution in [3.63, 3.8) is 0 Å². The maximum absolute atomic E-state index is 12.2. The van der Waals surface area contributed by atoms with Gasteiger partial charge in [0.2, 0.25) is 0 Å². The highest BCUT2D eigenvalue weighted by Gasteiger charge is 2.16. The molecule has 5 heteroatoms. The van der Waals surface area contributed by atoms with Crippen molar-refractivity contribution in [2.24, 2.45) is 5.16 Å². The van der Waals surface area contributed by atoms with Gasteiger partial charge in [-0.3, -0.25) is 0 Å². The van der Waals surface area contributed by atoms with Crippen LogP contribution in [0.1, 0.15) is 41.6 Å². The molecule has 1 fully saturated rings. The summed E-state index contributed by atoms with van der Waals surface area (Å²) in [4.78, 5) is 17.3. The van der Waals surface area contributed by atoms with E-state index in [-0.39, 0.29) is 0 Å². The van der Waals surface area contributed by atoms with Crippen molar-refractivity contribution >= 4 is 41.0 Å². The van der Waals surface area contributed by atoms with Gasteiger partial charge in [0, 0.05) is 0 Å². The quantitative estimate of drug-likeness (QED) is 0.476. The maximum Gasteiger partial charge on any atom is 0.365 e. The Hall–Kier alpha value is -2.10. The Morgan fingerprint density at radius 3 is 2.52 bits per heavy atom. The van der Waals surface area contributed by atoms with E-state index >= 15 is 0 Å². The van der Waals surface area contributed by atoms with Crippen molar-refractivity contribution in [3.05, 3.63) is 75.3 Å². The molecule has 0 bridgehead atoms. The molecule has 0 atom stereocenters. The van der Waals surface area contributed by atoms with Crippen LogP contribution in [0, 0.1) is 0 Å². The van der Waals surface area contributed by atoms with Gasteiger partial charge in [-0.2, -0.15) is 0 Å². The molecule has 0 heterocycles. The predicted octanol–water partition coefficient (Wildman–Crippen LogP) is 6.16. The molecule has 0 N–H and O–H groups in total. The number of nitrogens with zero attached hydrogens (tertiary/aromatic N) is 1. The first kappa shape index (κ1) is 17.7. The van der Waals surface area contributed by atoms with E-state index in [1.165, 1.54) is 6.07 Å². The minimum atomic E-state index is -0.546. The third-order valence-electron chi connectivity index (χ3n) is 4.01. The fraction of sp³-hybridized carbons (Fsp3) is 0.200. The highest BCUT2D eigenvalue weighted by molar-refractivity contribution is 6.42. The molecule has 0 radical (unpaired) electrons. The highest BCUT2D eigenvalue weighted by atomic mass is 35.5. The normalized spacial score (nSPS) is 17.7. The van der Waals surface area contributed by atoms with Crippen LogP contribution in [0.4, 0.5) is 0 Å². The standard InChI is InChI=1S/C20H17Cl2NO2/c21-17-11-10-16(13-18(17)22)20(24)25-23-19-9-5-4-8-15(19)12-14-6-2-1-3-7-14/h1-3,6-7,10-13H,4-5,8-9H2/b15-12+,23-19+. The zero-order valence-electron chi connectivity index (χ0n) is 13.5. The van der Waals surface area contributed by atoms with Crippen LogP contribution < -0.4 is 0 Å². The average Bonchev–Trinajstić information content (AvgIpc) is 2.64. The molecule has 1 aliphatic rings. The average molecular weight is 374 g/mol. The van der Waals surface area contributed by atoms with Gasteiger partial charge in [0.15, 0.2) is 0 Å². The van der Waals surface area contributed by atoms with E-state index in [1.54, 1.807) is 12.1 Å². The molecule has 128 valence electrons. The van der Waals surface area contributed by atoms with Crippen LogP contribution in [-0.4, -0.2) is 11.7 Å². The molecule has 0 unspecified atom stereocenters.